The van der Waals surface area contributed by atoms with Gasteiger partial charge in [-0.1, -0.05) is 6.92 Å². The molecule has 0 spiro atoms. The monoisotopic (exact) mass is 297 g/mol. The normalized spacial score (nSPS) is 17.8. The zero-order chi connectivity index (χ0) is 14.7. The second-order valence-corrected chi connectivity index (χ2v) is 6.58. The van der Waals surface area contributed by atoms with E-state index in [0.29, 0.717) is 23.0 Å². The molecule has 1 aliphatic heterocycles. The van der Waals surface area contributed by atoms with Gasteiger partial charge in [0.2, 0.25) is 0 Å². The van der Waals surface area contributed by atoms with Gasteiger partial charge < -0.3 is 10.0 Å². The molecule has 0 amide bonds. The lowest BCUT2D eigenvalue weighted by Gasteiger charge is -2.34. The van der Waals surface area contributed by atoms with Crippen LogP contribution < -0.4 is 0 Å². The number of hydrogen-bond donors (Lipinski definition) is 1. The van der Waals surface area contributed by atoms with E-state index in [9.17, 15) is 9.90 Å². The molecule has 1 aliphatic rings. The first kappa shape index (κ1) is 15.4. The quantitative estimate of drug-likeness (QED) is 0.900. The molecular formula is C14H23N3O2S. The molecular weight excluding hydrogens is 274 g/mol. The summed E-state index contributed by atoms with van der Waals surface area (Å²) >= 11 is 1.32. The molecule has 0 aliphatic carbocycles. The highest BCUT2D eigenvalue weighted by Gasteiger charge is 2.22. The zero-order valence-corrected chi connectivity index (χ0v) is 13.2. The maximum Gasteiger partial charge on any atom is 0.347 e. The van der Waals surface area contributed by atoms with E-state index in [1.54, 1.807) is 0 Å². The van der Waals surface area contributed by atoms with Crippen LogP contribution in [0.15, 0.2) is 0 Å². The highest BCUT2D eigenvalue weighted by molar-refractivity contribution is 7.13. The predicted octanol–water partition coefficient (Wildman–Crippen LogP) is 1.93. The molecule has 1 fully saturated rings. The average molecular weight is 297 g/mol. The lowest BCUT2D eigenvalue weighted by atomic mass is 10.0. The molecule has 2 heterocycles. The maximum atomic E-state index is 11.2. The second kappa shape index (κ2) is 6.65. The topological polar surface area (TPSA) is 56.7 Å². The van der Waals surface area contributed by atoms with E-state index >= 15 is 0 Å². The molecule has 0 unspecified atom stereocenters. The molecule has 1 saturated heterocycles. The number of aryl methyl sites for hydroxylation is 1. The minimum Gasteiger partial charge on any atom is -0.477 e. The van der Waals surface area contributed by atoms with Crippen LogP contribution in [0.2, 0.25) is 0 Å². The highest BCUT2D eigenvalue weighted by Crippen LogP contribution is 2.22. The smallest absolute Gasteiger partial charge is 0.347 e. The van der Waals surface area contributed by atoms with Crippen LogP contribution in [0, 0.1) is 0 Å². The van der Waals surface area contributed by atoms with Crippen LogP contribution in [0.1, 0.15) is 40.1 Å². The Bertz CT molecular complexity index is 467. The van der Waals surface area contributed by atoms with Gasteiger partial charge in [-0.25, -0.2) is 9.78 Å². The first-order chi connectivity index (χ1) is 9.51. The van der Waals surface area contributed by atoms with E-state index in [1.165, 1.54) is 24.2 Å². The molecule has 1 aromatic heterocycles. The van der Waals surface area contributed by atoms with Gasteiger partial charge >= 0.3 is 5.97 Å². The molecule has 1 N–H and O–H groups in total. The molecule has 0 radical (unpaired) electrons. The summed E-state index contributed by atoms with van der Waals surface area (Å²) in [6.45, 7) is 4.96. The first-order valence-electron chi connectivity index (χ1n) is 7.12. The molecule has 112 valence electrons. The van der Waals surface area contributed by atoms with E-state index in [-0.39, 0.29) is 0 Å². The van der Waals surface area contributed by atoms with Gasteiger partial charge in [-0.05, 0) is 46.4 Å². The van der Waals surface area contributed by atoms with Crippen molar-refractivity contribution in [3.8, 4) is 0 Å². The minimum atomic E-state index is -0.854. The highest BCUT2D eigenvalue weighted by atomic mass is 32.1. The van der Waals surface area contributed by atoms with Crippen molar-refractivity contribution in [2.45, 2.75) is 38.8 Å². The fourth-order valence-corrected chi connectivity index (χ4v) is 3.71. The molecule has 2 rings (SSSR count). The Morgan fingerprint density at radius 1 is 1.50 bits per heavy atom. The lowest BCUT2D eigenvalue weighted by Crippen LogP contribution is -2.41. The average Bonchev–Trinajstić information content (AvgIpc) is 2.82. The van der Waals surface area contributed by atoms with Crippen LogP contribution in [-0.2, 0) is 13.0 Å². The van der Waals surface area contributed by atoms with Crippen LogP contribution in [-0.4, -0.2) is 59.1 Å². The Morgan fingerprint density at radius 3 is 2.65 bits per heavy atom. The van der Waals surface area contributed by atoms with Gasteiger partial charge in [-0.2, -0.15) is 0 Å². The van der Waals surface area contributed by atoms with Crippen LogP contribution in [0.25, 0.3) is 0 Å². The summed E-state index contributed by atoms with van der Waals surface area (Å²) in [5.41, 5.74) is 0.717. The molecule has 0 aromatic carbocycles. The third-order valence-electron chi connectivity index (χ3n) is 3.97. The van der Waals surface area contributed by atoms with Crippen molar-refractivity contribution in [1.82, 2.24) is 14.8 Å². The number of rotatable bonds is 5. The van der Waals surface area contributed by atoms with Crippen LogP contribution in [0.4, 0.5) is 0 Å². The van der Waals surface area contributed by atoms with Gasteiger partial charge in [0.05, 0.1) is 12.2 Å². The van der Waals surface area contributed by atoms with Gasteiger partial charge in [0.25, 0.3) is 0 Å². The van der Waals surface area contributed by atoms with Crippen molar-refractivity contribution in [2.24, 2.45) is 0 Å². The summed E-state index contributed by atoms with van der Waals surface area (Å²) in [5, 5.41) is 10.1. The molecule has 5 nitrogen and oxygen atoms in total. The Labute approximate surface area is 124 Å². The van der Waals surface area contributed by atoms with Gasteiger partial charge in [-0.15, -0.1) is 11.3 Å². The van der Waals surface area contributed by atoms with Crippen molar-refractivity contribution in [3.05, 3.63) is 15.6 Å². The lowest BCUT2D eigenvalue weighted by molar-refractivity contribution is 0.0701. The van der Waals surface area contributed by atoms with Crippen molar-refractivity contribution >= 4 is 17.3 Å². The number of aromatic carboxylic acids is 1. The molecule has 6 heteroatoms. The number of carboxylic acids is 1. The molecule has 0 saturated carbocycles. The van der Waals surface area contributed by atoms with E-state index in [1.807, 2.05) is 6.92 Å². The first-order valence-corrected chi connectivity index (χ1v) is 7.93. The third kappa shape index (κ3) is 3.56. The summed E-state index contributed by atoms with van der Waals surface area (Å²) in [5.74, 6) is -0.854. The Hall–Kier alpha value is -0.980. The number of aromatic nitrogens is 1. The van der Waals surface area contributed by atoms with Crippen LogP contribution >= 0.6 is 11.3 Å². The fraction of sp³-hybridized carbons (Fsp3) is 0.714. The summed E-state index contributed by atoms with van der Waals surface area (Å²) in [6, 6.07) is 0.577. The van der Waals surface area contributed by atoms with E-state index in [0.717, 1.165) is 24.6 Å². The number of nitrogens with zero attached hydrogens (tertiary/aromatic N) is 3. The number of thiazole rings is 1. The number of piperidine rings is 1. The molecule has 0 bridgehead atoms. The number of carbonyl (C=O) groups is 1. The standard InChI is InChI=1S/C14H23N3O2S/c1-4-11-13(14(18)19)20-12(15-11)9-17(3)10-5-7-16(2)8-6-10/h10H,4-9H2,1-3H3,(H,18,19). The predicted molar refractivity (Wildman–Crippen MR) is 80.4 cm³/mol. The maximum absolute atomic E-state index is 11.2. The third-order valence-corrected chi connectivity index (χ3v) is 5.04. The molecule has 0 atom stereocenters. The van der Waals surface area contributed by atoms with Gasteiger partial charge in [0.1, 0.15) is 9.88 Å². The van der Waals surface area contributed by atoms with Crippen molar-refractivity contribution in [3.63, 3.8) is 0 Å². The Balaban J connectivity index is 2.00. The summed E-state index contributed by atoms with van der Waals surface area (Å²) in [4.78, 5) is 20.7. The minimum absolute atomic E-state index is 0.402. The van der Waals surface area contributed by atoms with E-state index in [2.05, 4.69) is 28.9 Å². The van der Waals surface area contributed by atoms with E-state index < -0.39 is 5.97 Å². The zero-order valence-electron chi connectivity index (χ0n) is 12.4. The van der Waals surface area contributed by atoms with Gasteiger partial charge in [0.15, 0.2) is 0 Å². The van der Waals surface area contributed by atoms with Gasteiger partial charge in [0, 0.05) is 6.04 Å². The Kier molecular flexibility index (Phi) is 5.12. The van der Waals surface area contributed by atoms with Crippen molar-refractivity contribution < 1.29 is 9.90 Å². The summed E-state index contributed by atoms with van der Waals surface area (Å²) < 4.78 is 0. The number of hydrogen-bond acceptors (Lipinski definition) is 5. The fourth-order valence-electron chi connectivity index (χ4n) is 2.65. The Morgan fingerprint density at radius 2 is 2.15 bits per heavy atom. The van der Waals surface area contributed by atoms with Crippen molar-refractivity contribution in [1.29, 1.82) is 0 Å². The molecule has 1 aromatic rings. The number of likely N-dealkylation sites (tertiary alicyclic amines) is 1. The molecule has 20 heavy (non-hydrogen) atoms. The van der Waals surface area contributed by atoms with Gasteiger partial charge in [-0.3, -0.25) is 4.90 Å². The summed E-state index contributed by atoms with van der Waals surface area (Å²) in [6.07, 6.45) is 3.02. The van der Waals surface area contributed by atoms with E-state index in [4.69, 9.17) is 0 Å². The van der Waals surface area contributed by atoms with Crippen molar-refractivity contribution in [2.75, 3.05) is 27.2 Å². The largest absolute Gasteiger partial charge is 0.477 e. The van der Waals surface area contributed by atoms with Crippen LogP contribution in [0.5, 0.6) is 0 Å². The van der Waals surface area contributed by atoms with Crippen LogP contribution in [0.3, 0.4) is 0 Å². The summed E-state index contributed by atoms with van der Waals surface area (Å²) in [7, 11) is 4.27. The second-order valence-electron chi connectivity index (χ2n) is 5.49. The number of carboxylic acid groups (broad SMARTS) is 1. The SMILES string of the molecule is CCc1nc(CN(C)C2CCN(C)CC2)sc1C(=O)O.